The van der Waals surface area contributed by atoms with Crippen LogP contribution in [0.2, 0.25) is 0 Å². The molecular weight excluding hydrogens is 450 g/mol. The van der Waals surface area contributed by atoms with E-state index in [0.717, 1.165) is 23.4 Å². The van der Waals surface area contributed by atoms with Gasteiger partial charge in [-0.25, -0.2) is 13.5 Å². The first-order valence-electron chi connectivity index (χ1n) is 11.1. The lowest BCUT2D eigenvalue weighted by Crippen LogP contribution is -2.50. The molecule has 0 radical (unpaired) electrons. The van der Waals surface area contributed by atoms with Crippen LogP contribution in [0.25, 0.3) is 5.69 Å². The molecule has 5 rings (SSSR count). The van der Waals surface area contributed by atoms with Crippen molar-refractivity contribution in [3.05, 3.63) is 112 Å². The highest BCUT2D eigenvalue weighted by Crippen LogP contribution is 2.41. The Balaban J connectivity index is 1.64. The van der Waals surface area contributed by atoms with Crippen molar-refractivity contribution in [3.8, 4) is 5.69 Å². The average Bonchev–Trinajstić information content (AvgIpc) is 3.17. The number of rotatable bonds is 4. The first-order valence-corrected chi connectivity index (χ1v) is 11.1. The van der Waals surface area contributed by atoms with Crippen LogP contribution in [0.5, 0.6) is 0 Å². The molecular formula is C27H22F2N4O2. The van der Waals surface area contributed by atoms with E-state index in [-0.39, 0.29) is 0 Å². The highest BCUT2D eigenvalue weighted by atomic mass is 19.2. The van der Waals surface area contributed by atoms with Gasteiger partial charge in [0.25, 0.3) is 5.91 Å². The number of anilines is 1. The van der Waals surface area contributed by atoms with Crippen LogP contribution in [-0.4, -0.2) is 27.6 Å². The monoisotopic (exact) mass is 472 g/mol. The molecule has 2 amide bonds. The minimum atomic E-state index is -1.08. The number of hydrogen-bond acceptors (Lipinski definition) is 3. The maximum atomic E-state index is 14.3. The van der Waals surface area contributed by atoms with E-state index in [9.17, 15) is 18.4 Å². The van der Waals surface area contributed by atoms with Gasteiger partial charge in [0.1, 0.15) is 11.9 Å². The van der Waals surface area contributed by atoms with Gasteiger partial charge in [0.2, 0.25) is 5.91 Å². The summed E-state index contributed by atoms with van der Waals surface area (Å²) in [5.74, 6) is -3.32. The maximum absolute atomic E-state index is 14.3. The number of nitrogens with zero attached hydrogens (tertiary/aromatic N) is 2. The first-order chi connectivity index (χ1) is 16.8. The molecule has 0 spiro atoms. The van der Waals surface area contributed by atoms with Crippen LogP contribution in [0, 0.1) is 25.5 Å². The average molecular weight is 472 g/mol. The number of fused-ring (bicyclic) bond motifs is 1. The van der Waals surface area contributed by atoms with E-state index in [1.807, 2.05) is 43.3 Å². The highest BCUT2D eigenvalue weighted by molar-refractivity contribution is 6.04. The van der Waals surface area contributed by atoms with Gasteiger partial charge in [-0.15, -0.1) is 0 Å². The zero-order valence-electron chi connectivity index (χ0n) is 19.0. The largest absolute Gasteiger partial charge is 0.339 e. The van der Waals surface area contributed by atoms with Crippen molar-refractivity contribution in [1.82, 2.24) is 15.1 Å². The molecule has 0 saturated heterocycles. The molecule has 8 heteroatoms. The molecule has 0 bridgehead atoms. The van der Waals surface area contributed by atoms with E-state index in [1.165, 1.54) is 6.07 Å². The summed E-state index contributed by atoms with van der Waals surface area (Å²) in [6, 6.07) is 18.7. The molecule has 0 unspecified atom stereocenters. The molecule has 35 heavy (non-hydrogen) atoms. The first kappa shape index (κ1) is 22.5. The van der Waals surface area contributed by atoms with E-state index in [1.54, 1.807) is 29.8 Å². The highest BCUT2D eigenvalue weighted by Gasteiger charge is 2.42. The molecule has 1 aliphatic heterocycles. The number of benzene rings is 3. The number of halogens is 2. The number of carbonyl (C=O) groups is 2. The van der Waals surface area contributed by atoms with Gasteiger partial charge >= 0.3 is 0 Å². The quantitative estimate of drug-likeness (QED) is 0.454. The molecule has 0 saturated carbocycles. The Morgan fingerprint density at radius 3 is 2.46 bits per heavy atom. The fourth-order valence-electron chi connectivity index (χ4n) is 4.53. The Morgan fingerprint density at radius 2 is 1.74 bits per heavy atom. The standard InChI is InChI=1S/C27H22F2N4O2/c1-15-7-6-8-18(13-15)26(34)30-24-23(17-11-12-20(28)21(29)14-17)22-16(2)32-33(25(22)31-27(24)35)19-9-4-3-5-10-19/h3-14,23-24H,1-2H3,(H,30,34)(H,31,35)/t23-,24+/m1/s1. The van der Waals surface area contributed by atoms with Crippen LogP contribution in [0.1, 0.15) is 38.7 Å². The fraction of sp³-hybridized carbons (Fsp3) is 0.148. The Hall–Kier alpha value is -4.33. The predicted molar refractivity (Wildman–Crippen MR) is 128 cm³/mol. The third-order valence-electron chi connectivity index (χ3n) is 6.15. The summed E-state index contributed by atoms with van der Waals surface area (Å²) in [6.07, 6.45) is 0. The van der Waals surface area contributed by atoms with E-state index >= 15 is 0 Å². The van der Waals surface area contributed by atoms with Crippen molar-refractivity contribution < 1.29 is 18.4 Å². The predicted octanol–water partition coefficient (Wildman–Crippen LogP) is 4.65. The second-order valence-electron chi connectivity index (χ2n) is 8.56. The molecule has 1 aliphatic rings. The summed E-state index contributed by atoms with van der Waals surface area (Å²) in [5.41, 5.74) is 3.57. The fourth-order valence-corrected chi connectivity index (χ4v) is 4.53. The smallest absolute Gasteiger partial charge is 0.251 e. The number of aryl methyl sites for hydroxylation is 2. The molecule has 3 aromatic carbocycles. The molecule has 176 valence electrons. The summed E-state index contributed by atoms with van der Waals surface area (Å²) in [4.78, 5) is 26.5. The van der Waals surface area contributed by atoms with Gasteiger partial charge in [-0.2, -0.15) is 5.10 Å². The summed E-state index contributed by atoms with van der Waals surface area (Å²) in [6.45, 7) is 3.64. The maximum Gasteiger partial charge on any atom is 0.251 e. The van der Waals surface area contributed by atoms with Crippen LogP contribution in [0.4, 0.5) is 14.6 Å². The second kappa shape index (κ2) is 8.79. The number of carbonyl (C=O) groups excluding carboxylic acids is 2. The zero-order valence-corrected chi connectivity index (χ0v) is 19.0. The third-order valence-corrected chi connectivity index (χ3v) is 6.15. The van der Waals surface area contributed by atoms with Gasteiger partial charge in [0.05, 0.1) is 11.4 Å². The number of nitrogens with one attached hydrogen (secondary N) is 2. The minimum Gasteiger partial charge on any atom is -0.339 e. The Kier molecular flexibility index (Phi) is 5.64. The van der Waals surface area contributed by atoms with Crippen molar-refractivity contribution in [2.24, 2.45) is 0 Å². The Labute approximate surface area is 200 Å². The Bertz CT molecular complexity index is 1450. The Morgan fingerprint density at radius 1 is 0.971 bits per heavy atom. The molecule has 0 aliphatic carbocycles. The topological polar surface area (TPSA) is 76.0 Å². The minimum absolute atomic E-state index is 0.352. The molecule has 1 aromatic heterocycles. The number of amides is 2. The van der Waals surface area contributed by atoms with E-state index in [4.69, 9.17) is 0 Å². The van der Waals surface area contributed by atoms with Crippen molar-refractivity contribution in [2.45, 2.75) is 25.8 Å². The molecule has 2 heterocycles. The molecule has 4 aromatic rings. The lowest BCUT2D eigenvalue weighted by Gasteiger charge is -2.33. The number of hydrogen-bond donors (Lipinski definition) is 2. The molecule has 0 fully saturated rings. The summed E-state index contributed by atoms with van der Waals surface area (Å²) in [5, 5.41) is 10.3. The lowest BCUT2D eigenvalue weighted by atomic mass is 9.81. The van der Waals surface area contributed by atoms with Crippen LogP contribution in [0.3, 0.4) is 0 Å². The van der Waals surface area contributed by atoms with Crippen LogP contribution in [0.15, 0.2) is 72.8 Å². The third kappa shape index (κ3) is 4.07. The van der Waals surface area contributed by atoms with Gasteiger partial charge in [0, 0.05) is 17.0 Å². The molecule has 6 nitrogen and oxygen atoms in total. The van der Waals surface area contributed by atoms with Gasteiger partial charge in [-0.05, 0) is 55.8 Å². The van der Waals surface area contributed by atoms with Crippen molar-refractivity contribution in [2.75, 3.05) is 5.32 Å². The summed E-state index contributed by atoms with van der Waals surface area (Å²) in [7, 11) is 0. The second-order valence-corrected chi connectivity index (χ2v) is 8.56. The normalized spacial score (nSPS) is 17.0. The number of para-hydroxylation sites is 1. The van der Waals surface area contributed by atoms with Gasteiger partial charge in [0.15, 0.2) is 11.6 Å². The van der Waals surface area contributed by atoms with Crippen molar-refractivity contribution in [1.29, 1.82) is 0 Å². The van der Waals surface area contributed by atoms with Crippen molar-refractivity contribution in [3.63, 3.8) is 0 Å². The van der Waals surface area contributed by atoms with Gasteiger partial charge in [-0.1, -0.05) is 42.0 Å². The van der Waals surface area contributed by atoms with Gasteiger partial charge < -0.3 is 10.6 Å². The lowest BCUT2D eigenvalue weighted by molar-refractivity contribution is -0.118. The molecule has 2 atom stereocenters. The zero-order chi connectivity index (χ0) is 24.7. The SMILES string of the molecule is Cc1cccc(C(=O)N[C@@H]2C(=O)Nc3c(c(C)nn3-c3ccccc3)[C@H]2c2ccc(F)c(F)c2)c1. The summed E-state index contributed by atoms with van der Waals surface area (Å²) >= 11 is 0. The number of aromatic nitrogens is 2. The van der Waals surface area contributed by atoms with Crippen molar-refractivity contribution >= 4 is 17.6 Å². The van der Waals surface area contributed by atoms with Gasteiger partial charge in [-0.3, -0.25) is 9.59 Å². The van der Waals surface area contributed by atoms with Crippen LogP contribution in [-0.2, 0) is 4.79 Å². The van der Waals surface area contributed by atoms with Crippen LogP contribution >= 0.6 is 0 Å². The van der Waals surface area contributed by atoms with Crippen LogP contribution < -0.4 is 10.6 Å². The molecule has 2 N–H and O–H groups in total. The van der Waals surface area contributed by atoms with E-state index in [0.29, 0.717) is 28.2 Å². The van der Waals surface area contributed by atoms with E-state index < -0.39 is 35.4 Å². The summed E-state index contributed by atoms with van der Waals surface area (Å²) < 4.78 is 29.7. The van der Waals surface area contributed by atoms with E-state index in [2.05, 4.69) is 15.7 Å².